The highest BCUT2D eigenvalue weighted by atomic mass is 19.1. The van der Waals surface area contributed by atoms with Gasteiger partial charge in [-0.1, -0.05) is 0 Å². The summed E-state index contributed by atoms with van der Waals surface area (Å²) in [6, 6.07) is 9.91. The molecule has 1 aliphatic rings. The maximum absolute atomic E-state index is 14.2. The Morgan fingerprint density at radius 3 is 2.50 bits per heavy atom. The summed E-state index contributed by atoms with van der Waals surface area (Å²) in [4.78, 5) is 23.0. The van der Waals surface area contributed by atoms with Crippen LogP contribution in [-0.4, -0.2) is 36.2 Å². The summed E-state index contributed by atoms with van der Waals surface area (Å²) in [5.74, 6) is -1.98. The minimum atomic E-state index is -1.06. The highest BCUT2D eigenvalue weighted by Crippen LogP contribution is 2.21. The molecule has 26 heavy (non-hydrogen) atoms. The average Bonchev–Trinajstić information content (AvgIpc) is 3.14. The van der Waals surface area contributed by atoms with Gasteiger partial charge in [0.25, 0.3) is 5.91 Å². The van der Waals surface area contributed by atoms with E-state index in [0.29, 0.717) is 17.9 Å². The van der Waals surface area contributed by atoms with Crippen LogP contribution in [0.15, 0.2) is 42.5 Å². The number of rotatable bonds is 6. The Labute approximate surface area is 150 Å². The summed E-state index contributed by atoms with van der Waals surface area (Å²) in [6.07, 6.45) is 2.08. The molecule has 1 amide bonds. The molecule has 136 valence electrons. The first-order valence-electron chi connectivity index (χ1n) is 8.32. The quantitative estimate of drug-likeness (QED) is 0.737. The molecule has 6 nitrogen and oxygen atoms in total. The number of amides is 1. The van der Waals surface area contributed by atoms with Crippen LogP contribution in [0, 0.1) is 5.82 Å². The second-order valence-corrected chi connectivity index (χ2v) is 6.05. The Hall–Kier alpha value is -2.93. The fourth-order valence-electron chi connectivity index (χ4n) is 2.73. The molecule has 3 rings (SSSR count). The van der Waals surface area contributed by atoms with Crippen LogP contribution in [0.1, 0.15) is 33.6 Å². The third-order valence-electron chi connectivity index (χ3n) is 4.17. The molecule has 1 aliphatic heterocycles. The number of hydrogen-bond donors (Lipinski definition) is 3. The lowest BCUT2D eigenvalue weighted by atomic mass is 10.1. The molecule has 0 aliphatic carbocycles. The van der Waals surface area contributed by atoms with Crippen LogP contribution in [0.3, 0.4) is 0 Å². The number of hydrogen-bond acceptors (Lipinski definition) is 4. The van der Waals surface area contributed by atoms with E-state index in [0.717, 1.165) is 19.4 Å². The van der Waals surface area contributed by atoms with Crippen molar-refractivity contribution in [3.05, 3.63) is 59.4 Å². The maximum Gasteiger partial charge on any atom is 0.335 e. The molecule has 1 heterocycles. The van der Waals surface area contributed by atoms with E-state index in [1.807, 2.05) is 0 Å². The van der Waals surface area contributed by atoms with E-state index in [-0.39, 0.29) is 17.2 Å². The van der Waals surface area contributed by atoms with E-state index in [2.05, 4.69) is 10.6 Å². The summed E-state index contributed by atoms with van der Waals surface area (Å²) < 4.78 is 19.7. The van der Waals surface area contributed by atoms with Crippen LogP contribution >= 0.6 is 0 Å². The number of nitrogens with one attached hydrogen (secondary N) is 2. The zero-order valence-corrected chi connectivity index (χ0v) is 14.0. The number of carboxylic acid groups (broad SMARTS) is 1. The molecule has 0 aromatic heterocycles. The van der Waals surface area contributed by atoms with Gasteiger partial charge >= 0.3 is 5.97 Å². The fourth-order valence-corrected chi connectivity index (χ4v) is 2.73. The van der Waals surface area contributed by atoms with Gasteiger partial charge in [0.05, 0.1) is 17.4 Å². The van der Waals surface area contributed by atoms with Crippen LogP contribution in [0.2, 0.25) is 0 Å². The minimum absolute atomic E-state index is 0.0919. The predicted octanol–water partition coefficient (Wildman–Crippen LogP) is 3.37. The molecule has 0 saturated carbocycles. The molecule has 0 bridgehead atoms. The lowest BCUT2D eigenvalue weighted by Gasteiger charge is -2.13. The molecule has 2 aromatic carbocycles. The third kappa shape index (κ3) is 4.37. The smallest absolute Gasteiger partial charge is 0.335 e. The van der Waals surface area contributed by atoms with Gasteiger partial charge in [-0.25, -0.2) is 9.18 Å². The molecular formula is C19H19FN2O4. The van der Waals surface area contributed by atoms with Crippen LogP contribution in [-0.2, 0) is 4.74 Å². The van der Waals surface area contributed by atoms with Gasteiger partial charge in [0.2, 0.25) is 0 Å². The number of anilines is 2. The second-order valence-electron chi connectivity index (χ2n) is 6.05. The van der Waals surface area contributed by atoms with E-state index >= 15 is 0 Å². The summed E-state index contributed by atoms with van der Waals surface area (Å²) >= 11 is 0. The highest BCUT2D eigenvalue weighted by Gasteiger charge is 2.16. The Kier molecular flexibility index (Phi) is 5.48. The first kappa shape index (κ1) is 17.9. The summed E-state index contributed by atoms with van der Waals surface area (Å²) in [5, 5.41) is 14.5. The third-order valence-corrected chi connectivity index (χ3v) is 4.17. The minimum Gasteiger partial charge on any atom is -0.478 e. The number of carboxylic acids is 1. The van der Waals surface area contributed by atoms with E-state index in [4.69, 9.17) is 9.84 Å². The second kappa shape index (κ2) is 7.97. The molecule has 1 atom stereocenters. The highest BCUT2D eigenvalue weighted by molar-refractivity contribution is 6.04. The van der Waals surface area contributed by atoms with Crippen molar-refractivity contribution in [1.29, 1.82) is 0 Å². The lowest BCUT2D eigenvalue weighted by Crippen LogP contribution is -2.19. The van der Waals surface area contributed by atoms with Gasteiger partial charge in [0.1, 0.15) is 5.82 Å². The summed E-state index contributed by atoms with van der Waals surface area (Å²) in [6.45, 7) is 1.28. The lowest BCUT2D eigenvalue weighted by molar-refractivity contribution is 0.0696. The van der Waals surface area contributed by atoms with Crippen molar-refractivity contribution in [3.63, 3.8) is 0 Å². The van der Waals surface area contributed by atoms with Crippen LogP contribution < -0.4 is 10.6 Å². The molecule has 1 unspecified atom stereocenters. The van der Waals surface area contributed by atoms with Gasteiger partial charge in [0, 0.05) is 24.4 Å². The van der Waals surface area contributed by atoms with Gasteiger partial charge in [-0.2, -0.15) is 0 Å². The Balaban J connectivity index is 1.61. The fraction of sp³-hybridized carbons (Fsp3) is 0.263. The largest absolute Gasteiger partial charge is 0.478 e. The Bertz CT molecular complexity index is 802. The number of benzene rings is 2. The number of ether oxygens (including phenoxy) is 1. The van der Waals surface area contributed by atoms with Crippen LogP contribution in [0.4, 0.5) is 15.8 Å². The Morgan fingerprint density at radius 2 is 1.88 bits per heavy atom. The summed E-state index contributed by atoms with van der Waals surface area (Å²) in [7, 11) is 0. The van der Waals surface area contributed by atoms with E-state index in [1.165, 1.54) is 30.3 Å². The number of halogens is 1. The number of carbonyl (C=O) groups excluding carboxylic acids is 1. The molecule has 1 saturated heterocycles. The van der Waals surface area contributed by atoms with Crippen LogP contribution in [0.25, 0.3) is 0 Å². The standard InChI is InChI=1S/C19H19FN2O4/c20-16-10-14(7-8-17(16)21-11-15-2-1-9-26-15)22-18(23)12-3-5-13(6-4-12)19(24)25/h3-8,10,15,21H,1-2,9,11H2,(H,22,23)(H,24,25). The van der Waals surface area contributed by atoms with Gasteiger partial charge in [-0.15, -0.1) is 0 Å². The molecule has 7 heteroatoms. The van der Waals surface area contributed by atoms with Crippen molar-refractivity contribution in [2.24, 2.45) is 0 Å². The summed E-state index contributed by atoms with van der Waals surface area (Å²) in [5.41, 5.74) is 1.05. The van der Waals surface area contributed by atoms with Crippen molar-refractivity contribution in [2.45, 2.75) is 18.9 Å². The first-order valence-corrected chi connectivity index (χ1v) is 8.32. The maximum atomic E-state index is 14.2. The van der Waals surface area contributed by atoms with Crippen molar-refractivity contribution >= 4 is 23.3 Å². The molecular weight excluding hydrogens is 339 g/mol. The molecule has 3 N–H and O–H groups in total. The SMILES string of the molecule is O=C(O)c1ccc(C(=O)Nc2ccc(NCC3CCCO3)c(F)c2)cc1. The Morgan fingerprint density at radius 1 is 1.15 bits per heavy atom. The first-order chi connectivity index (χ1) is 12.5. The topological polar surface area (TPSA) is 87.7 Å². The van der Waals surface area contributed by atoms with Crippen molar-refractivity contribution in [2.75, 3.05) is 23.8 Å². The van der Waals surface area contributed by atoms with Crippen molar-refractivity contribution in [1.82, 2.24) is 0 Å². The van der Waals surface area contributed by atoms with E-state index in [9.17, 15) is 14.0 Å². The zero-order valence-electron chi connectivity index (χ0n) is 14.0. The van der Waals surface area contributed by atoms with Crippen molar-refractivity contribution in [3.8, 4) is 0 Å². The number of aromatic carboxylic acids is 1. The normalized spacial score (nSPS) is 16.3. The molecule has 0 spiro atoms. The molecule has 2 aromatic rings. The number of carbonyl (C=O) groups is 2. The van der Waals surface area contributed by atoms with Crippen LogP contribution in [0.5, 0.6) is 0 Å². The van der Waals surface area contributed by atoms with Gasteiger partial charge in [-0.05, 0) is 55.3 Å². The van der Waals surface area contributed by atoms with E-state index in [1.54, 1.807) is 12.1 Å². The van der Waals surface area contributed by atoms with Gasteiger partial charge in [-0.3, -0.25) is 4.79 Å². The average molecular weight is 358 g/mol. The van der Waals surface area contributed by atoms with E-state index < -0.39 is 17.7 Å². The molecule has 1 fully saturated rings. The zero-order chi connectivity index (χ0) is 18.5. The van der Waals surface area contributed by atoms with Gasteiger partial charge < -0.3 is 20.5 Å². The van der Waals surface area contributed by atoms with Crippen molar-refractivity contribution < 1.29 is 23.8 Å². The monoisotopic (exact) mass is 358 g/mol. The molecule has 0 radical (unpaired) electrons. The predicted molar refractivity (Wildman–Crippen MR) is 95.2 cm³/mol. The van der Waals surface area contributed by atoms with Gasteiger partial charge in [0.15, 0.2) is 0 Å².